The molecule has 1 saturated carbocycles. The van der Waals surface area contributed by atoms with Crippen molar-refractivity contribution in [2.75, 3.05) is 13.1 Å². The van der Waals surface area contributed by atoms with Crippen LogP contribution in [0.4, 0.5) is 0 Å². The van der Waals surface area contributed by atoms with Gasteiger partial charge >= 0.3 is 0 Å². The Morgan fingerprint density at radius 2 is 1.88 bits per heavy atom. The Bertz CT molecular complexity index is 1380. The fourth-order valence-corrected chi connectivity index (χ4v) is 4.93. The molecule has 1 aliphatic carbocycles. The predicted molar refractivity (Wildman–Crippen MR) is 160 cm³/mol. The Hall–Kier alpha value is -4.17. The van der Waals surface area contributed by atoms with Gasteiger partial charge in [-0.1, -0.05) is 49.4 Å². The molecule has 2 aromatic carbocycles. The minimum absolute atomic E-state index is 0.0232. The lowest BCUT2D eigenvalue weighted by Gasteiger charge is -2.33. The largest absolute Gasteiger partial charge is 0.369 e. The SMILES string of the molecule is CC1C=C(c2ccc(C(=O)NC3CC3)cc2)N2C=C(c3cccc(CC(N)=O)c3)NC(=NCCCCN)C2=CC1. The average molecular weight is 539 g/mol. The van der Waals surface area contributed by atoms with E-state index in [2.05, 4.69) is 40.8 Å². The molecule has 1 unspecified atom stereocenters. The summed E-state index contributed by atoms with van der Waals surface area (Å²) < 4.78 is 0. The summed E-state index contributed by atoms with van der Waals surface area (Å²) >= 11 is 0. The number of allylic oxidation sites excluding steroid dienone is 2. The molecule has 0 bridgehead atoms. The number of nitrogens with two attached hydrogens (primary N) is 2. The van der Waals surface area contributed by atoms with Crippen molar-refractivity contribution in [1.29, 1.82) is 0 Å². The first-order chi connectivity index (χ1) is 19.4. The van der Waals surface area contributed by atoms with E-state index in [0.717, 1.165) is 71.7 Å². The van der Waals surface area contributed by atoms with Crippen molar-refractivity contribution >= 4 is 29.0 Å². The number of nitrogens with zero attached hydrogens (tertiary/aromatic N) is 2. The highest BCUT2D eigenvalue weighted by Crippen LogP contribution is 2.35. The van der Waals surface area contributed by atoms with Crippen LogP contribution in [0.2, 0.25) is 0 Å². The van der Waals surface area contributed by atoms with Crippen LogP contribution in [0.5, 0.6) is 0 Å². The molecule has 2 heterocycles. The number of carbonyl (C=O) groups excluding carboxylic acids is 2. The number of primary amides is 1. The molecule has 6 N–H and O–H groups in total. The number of hydrogen-bond acceptors (Lipinski definition) is 5. The maximum absolute atomic E-state index is 12.6. The Morgan fingerprint density at radius 3 is 2.60 bits per heavy atom. The molecule has 5 rings (SSSR count). The second-order valence-corrected chi connectivity index (χ2v) is 10.8. The molecular formula is C32H38N6O2. The van der Waals surface area contributed by atoms with E-state index in [4.69, 9.17) is 16.5 Å². The van der Waals surface area contributed by atoms with Gasteiger partial charge in [0.15, 0.2) is 0 Å². The summed E-state index contributed by atoms with van der Waals surface area (Å²) in [6.45, 7) is 3.51. The number of benzene rings is 2. The van der Waals surface area contributed by atoms with Gasteiger partial charge in [0.25, 0.3) is 5.91 Å². The van der Waals surface area contributed by atoms with Gasteiger partial charge in [0.1, 0.15) is 5.84 Å². The van der Waals surface area contributed by atoms with E-state index < -0.39 is 0 Å². The van der Waals surface area contributed by atoms with E-state index in [1.165, 1.54) is 0 Å². The third-order valence-corrected chi connectivity index (χ3v) is 7.25. The number of unbranched alkanes of at least 4 members (excludes halogenated alkanes) is 1. The van der Waals surface area contributed by atoms with Crippen LogP contribution in [-0.2, 0) is 11.2 Å². The zero-order valence-corrected chi connectivity index (χ0v) is 23.0. The summed E-state index contributed by atoms with van der Waals surface area (Å²) in [5, 5.41) is 6.63. The third kappa shape index (κ3) is 6.69. The summed E-state index contributed by atoms with van der Waals surface area (Å²) in [6, 6.07) is 16.0. The summed E-state index contributed by atoms with van der Waals surface area (Å²) in [5.41, 5.74) is 17.6. The monoisotopic (exact) mass is 538 g/mol. The maximum atomic E-state index is 12.6. The van der Waals surface area contributed by atoms with Gasteiger partial charge in [-0.05, 0) is 79.5 Å². The molecule has 1 fully saturated rings. The summed E-state index contributed by atoms with van der Waals surface area (Å²) in [6.07, 6.45) is 11.6. The van der Waals surface area contributed by atoms with E-state index in [1.807, 2.05) is 48.5 Å². The first-order valence-corrected chi connectivity index (χ1v) is 14.1. The summed E-state index contributed by atoms with van der Waals surface area (Å²) in [7, 11) is 0. The smallest absolute Gasteiger partial charge is 0.251 e. The van der Waals surface area contributed by atoms with Gasteiger partial charge < -0.3 is 27.0 Å². The van der Waals surface area contributed by atoms with Crippen LogP contribution >= 0.6 is 0 Å². The lowest BCUT2D eigenvalue weighted by molar-refractivity contribution is -0.117. The Balaban J connectivity index is 1.52. The van der Waals surface area contributed by atoms with E-state index in [-0.39, 0.29) is 18.2 Å². The van der Waals surface area contributed by atoms with Crippen molar-refractivity contribution in [3.63, 3.8) is 0 Å². The molecule has 0 saturated heterocycles. The highest BCUT2D eigenvalue weighted by molar-refractivity contribution is 6.06. The quantitative estimate of drug-likeness (QED) is 0.341. The predicted octanol–water partition coefficient (Wildman–Crippen LogP) is 3.91. The molecule has 1 atom stereocenters. The second kappa shape index (κ2) is 12.3. The lowest BCUT2D eigenvalue weighted by Crippen LogP contribution is -2.37. The van der Waals surface area contributed by atoms with Crippen molar-refractivity contribution in [3.8, 4) is 0 Å². The fourth-order valence-electron chi connectivity index (χ4n) is 4.93. The highest BCUT2D eigenvalue weighted by atomic mass is 16.2. The van der Waals surface area contributed by atoms with Crippen LogP contribution in [0.3, 0.4) is 0 Å². The number of amidine groups is 1. The molecular weight excluding hydrogens is 500 g/mol. The fraction of sp³-hybridized carbons (Fsp3) is 0.344. The van der Waals surface area contributed by atoms with Crippen molar-refractivity contribution in [2.24, 2.45) is 22.4 Å². The van der Waals surface area contributed by atoms with Gasteiger partial charge in [-0.25, -0.2) is 0 Å². The van der Waals surface area contributed by atoms with Gasteiger partial charge in [-0.3, -0.25) is 14.6 Å². The molecule has 208 valence electrons. The number of hydrogen-bond donors (Lipinski definition) is 4. The van der Waals surface area contributed by atoms with Crippen molar-refractivity contribution in [2.45, 2.75) is 51.5 Å². The summed E-state index contributed by atoms with van der Waals surface area (Å²) in [4.78, 5) is 31.3. The van der Waals surface area contributed by atoms with Gasteiger partial charge in [-0.15, -0.1) is 0 Å². The van der Waals surface area contributed by atoms with Crippen LogP contribution in [0, 0.1) is 5.92 Å². The molecule has 0 spiro atoms. The number of amides is 2. The van der Waals surface area contributed by atoms with E-state index in [9.17, 15) is 9.59 Å². The minimum Gasteiger partial charge on any atom is -0.369 e. The van der Waals surface area contributed by atoms with E-state index in [0.29, 0.717) is 30.6 Å². The highest BCUT2D eigenvalue weighted by Gasteiger charge is 2.28. The van der Waals surface area contributed by atoms with Gasteiger partial charge in [0.05, 0.1) is 17.8 Å². The van der Waals surface area contributed by atoms with Crippen molar-refractivity contribution < 1.29 is 9.59 Å². The lowest BCUT2D eigenvalue weighted by atomic mass is 10.0. The summed E-state index contributed by atoms with van der Waals surface area (Å²) in [5.74, 6) is 0.719. The van der Waals surface area contributed by atoms with Crippen LogP contribution in [-0.4, -0.2) is 41.7 Å². The molecule has 2 aliphatic heterocycles. The zero-order valence-electron chi connectivity index (χ0n) is 23.0. The molecule has 8 heteroatoms. The average Bonchev–Trinajstić information content (AvgIpc) is 3.78. The molecule has 2 aromatic rings. The van der Waals surface area contributed by atoms with Crippen LogP contribution in [0.15, 0.2) is 77.6 Å². The van der Waals surface area contributed by atoms with E-state index in [1.54, 1.807) is 0 Å². The molecule has 8 nitrogen and oxygen atoms in total. The molecule has 0 radical (unpaired) electrons. The first kappa shape index (κ1) is 27.4. The maximum Gasteiger partial charge on any atom is 0.251 e. The molecule has 40 heavy (non-hydrogen) atoms. The minimum atomic E-state index is -0.365. The number of rotatable bonds is 10. The Labute approximate surface area is 235 Å². The number of fused-ring (bicyclic) bond motifs is 1. The standard InChI is InChI=1S/C32H38N6O2/c1-21-7-14-28-31(35-16-3-2-15-33)37-27(25-6-4-5-22(18-25)19-30(34)39)20-38(28)29(17-21)23-8-10-24(11-9-23)32(40)36-26-12-13-26/h4-6,8-11,14,17-18,20-21,26H,2-3,7,12-13,15-16,19,33H2,1H3,(H2,34,39)(H,35,37)(H,36,40). The normalized spacial score (nSPS) is 19.6. The molecule has 0 aromatic heterocycles. The van der Waals surface area contributed by atoms with Gasteiger partial charge in [-0.2, -0.15) is 0 Å². The Kier molecular flexibility index (Phi) is 8.45. The number of aliphatic imine (C=N–C) groups is 1. The van der Waals surface area contributed by atoms with E-state index >= 15 is 0 Å². The number of nitrogens with one attached hydrogen (secondary N) is 2. The zero-order chi connectivity index (χ0) is 28.1. The van der Waals surface area contributed by atoms with Crippen LogP contribution < -0.4 is 22.1 Å². The second-order valence-electron chi connectivity index (χ2n) is 10.8. The first-order valence-electron chi connectivity index (χ1n) is 14.1. The van der Waals surface area contributed by atoms with Crippen LogP contribution in [0.1, 0.15) is 66.1 Å². The van der Waals surface area contributed by atoms with Gasteiger partial charge in [0.2, 0.25) is 5.91 Å². The third-order valence-electron chi connectivity index (χ3n) is 7.25. The van der Waals surface area contributed by atoms with Crippen molar-refractivity contribution in [3.05, 3.63) is 94.8 Å². The van der Waals surface area contributed by atoms with Crippen LogP contribution in [0.25, 0.3) is 11.4 Å². The molecule has 3 aliphatic rings. The Morgan fingerprint density at radius 1 is 1.07 bits per heavy atom. The van der Waals surface area contributed by atoms with Gasteiger partial charge in [0, 0.05) is 30.0 Å². The van der Waals surface area contributed by atoms with Crippen molar-refractivity contribution in [1.82, 2.24) is 15.5 Å². The molecule has 2 amide bonds. The topological polar surface area (TPSA) is 126 Å². The number of carbonyl (C=O) groups is 2.